The summed E-state index contributed by atoms with van der Waals surface area (Å²) in [6.45, 7) is 2.00. The van der Waals surface area contributed by atoms with Crippen LogP contribution in [0.1, 0.15) is 39.0 Å². The fraction of sp³-hybridized carbons (Fsp3) is 0.727. The van der Waals surface area contributed by atoms with Crippen LogP contribution in [0.5, 0.6) is 0 Å². The van der Waals surface area contributed by atoms with Gasteiger partial charge in [-0.3, -0.25) is 4.79 Å². The van der Waals surface area contributed by atoms with E-state index in [2.05, 4.69) is 28.1 Å². The van der Waals surface area contributed by atoms with Gasteiger partial charge in [-0.05, 0) is 32.1 Å². The molecule has 3 heteroatoms. The molecule has 0 aliphatic heterocycles. The van der Waals surface area contributed by atoms with Crippen LogP contribution in [-0.4, -0.2) is 17.9 Å². The van der Waals surface area contributed by atoms with Crippen molar-refractivity contribution in [2.45, 2.75) is 39.0 Å². The molecule has 0 saturated carbocycles. The molecular formula is C11H19BrO2. The SMILES string of the molecule is CC(=O)OCCCC/C=C\CCCBr. The summed E-state index contributed by atoms with van der Waals surface area (Å²) >= 11 is 3.38. The first-order chi connectivity index (χ1) is 6.77. The van der Waals surface area contributed by atoms with Gasteiger partial charge in [-0.1, -0.05) is 28.1 Å². The highest BCUT2D eigenvalue weighted by Crippen LogP contribution is 2.00. The number of carbonyl (C=O) groups excluding carboxylic acids is 1. The number of rotatable bonds is 8. The predicted molar refractivity (Wildman–Crippen MR) is 62.7 cm³/mol. The molecule has 14 heavy (non-hydrogen) atoms. The van der Waals surface area contributed by atoms with E-state index in [-0.39, 0.29) is 5.97 Å². The molecule has 0 atom stereocenters. The molecule has 0 aromatic carbocycles. The number of unbranched alkanes of at least 4 members (excludes halogenated alkanes) is 3. The molecule has 0 rings (SSSR count). The quantitative estimate of drug-likeness (QED) is 0.290. The fourth-order valence-corrected chi connectivity index (χ4v) is 1.33. The fourth-order valence-electron chi connectivity index (χ4n) is 1.01. The van der Waals surface area contributed by atoms with Crippen molar-refractivity contribution in [3.05, 3.63) is 12.2 Å². The molecule has 82 valence electrons. The van der Waals surface area contributed by atoms with Crippen LogP contribution >= 0.6 is 15.9 Å². The average molecular weight is 263 g/mol. The smallest absolute Gasteiger partial charge is 0.302 e. The van der Waals surface area contributed by atoms with Crippen molar-refractivity contribution in [1.29, 1.82) is 0 Å². The van der Waals surface area contributed by atoms with E-state index in [1.807, 2.05) is 0 Å². The van der Waals surface area contributed by atoms with Crippen LogP contribution in [0.3, 0.4) is 0 Å². The molecule has 0 aromatic rings. The molecule has 0 unspecified atom stereocenters. The second-order valence-electron chi connectivity index (χ2n) is 3.14. The van der Waals surface area contributed by atoms with Crippen molar-refractivity contribution < 1.29 is 9.53 Å². The molecule has 0 aliphatic rings. The van der Waals surface area contributed by atoms with Crippen LogP contribution in [0.4, 0.5) is 0 Å². The highest BCUT2D eigenvalue weighted by Gasteiger charge is 1.91. The van der Waals surface area contributed by atoms with E-state index in [4.69, 9.17) is 4.74 Å². The molecule has 0 N–H and O–H groups in total. The monoisotopic (exact) mass is 262 g/mol. The van der Waals surface area contributed by atoms with E-state index in [9.17, 15) is 4.79 Å². The third-order valence-electron chi connectivity index (χ3n) is 1.74. The summed E-state index contributed by atoms with van der Waals surface area (Å²) < 4.78 is 4.82. The molecule has 0 fully saturated rings. The van der Waals surface area contributed by atoms with Gasteiger partial charge in [0.15, 0.2) is 0 Å². The van der Waals surface area contributed by atoms with Gasteiger partial charge in [0.25, 0.3) is 0 Å². The Labute approximate surface area is 94.8 Å². The summed E-state index contributed by atoms with van der Waals surface area (Å²) in [5, 5.41) is 1.07. The number of halogens is 1. The van der Waals surface area contributed by atoms with Gasteiger partial charge in [0.05, 0.1) is 6.61 Å². The third-order valence-corrected chi connectivity index (χ3v) is 2.30. The summed E-state index contributed by atoms with van der Waals surface area (Å²) in [5.41, 5.74) is 0. The van der Waals surface area contributed by atoms with Crippen LogP contribution in [0, 0.1) is 0 Å². The summed E-state index contributed by atoms with van der Waals surface area (Å²) in [4.78, 5) is 10.4. The largest absolute Gasteiger partial charge is 0.466 e. The van der Waals surface area contributed by atoms with Crippen LogP contribution in [0.2, 0.25) is 0 Å². The van der Waals surface area contributed by atoms with E-state index in [0.717, 1.165) is 31.0 Å². The molecule has 2 nitrogen and oxygen atoms in total. The van der Waals surface area contributed by atoms with Crippen LogP contribution < -0.4 is 0 Å². The van der Waals surface area contributed by atoms with E-state index in [1.54, 1.807) is 0 Å². The van der Waals surface area contributed by atoms with E-state index in [0.29, 0.717) is 6.61 Å². The lowest BCUT2D eigenvalue weighted by atomic mass is 10.2. The maximum absolute atomic E-state index is 10.4. The number of allylic oxidation sites excluding steroid dienone is 2. The van der Waals surface area contributed by atoms with Crippen molar-refractivity contribution in [2.75, 3.05) is 11.9 Å². The molecule has 0 heterocycles. The highest BCUT2D eigenvalue weighted by molar-refractivity contribution is 9.09. The number of esters is 1. The van der Waals surface area contributed by atoms with Gasteiger partial charge in [0.2, 0.25) is 0 Å². The van der Waals surface area contributed by atoms with E-state index >= 15 is 0 Å². The number of alkyl halides is 1. The van der Waals surface area contributed by atoms with Crippen LogP contribution in [-0.2, 0) is 9.53 Å². The number of carbonyl (C=O) groups is 1. The Hall–Kier alpha value is -0.310. The summed E-state index contributed by atoms with van der Waals surface area (Å²) in [6.07, 6.45) is 9.91. The minimum absolute atomic E-state index is 0.183. The second kappa shape index (κ2) is 10.8. The van der Waals surface area contributed by atoms with Crippen molar-refractivity contribution in [1.82, 2.24) is 0 Å². The first-order valence-corrected chi connectivity index (χ1v) is 6.24. The molecule has 0 aliphatic carbocycles. The van der Waals surface area contributed by atoms with Crippen LogP contribution in [0.15, 0.2) is 12.2 Å². The first-order valence-electron chi connectivity index (χ1n) is 5.11. The Morgan fingerprint density at radius 3 is 2.43 bits per heavy atom. The predicted octanol–water partition coefficient (Wildman–Crippen LogP) is 3.45. The van der Waals surface area contributed by atoms with Gasteiger partial charge in [-0.25, -0.2) is 0 Å². The van der Waals surface area contributed by atoms with Gasteiger partial charge in [-0.2, -0.15) is 0 Å². The van der Waals surface area contributed by atoms with Gasteiger partial charge >= 0.3 is 5.97 Å². The Morgan fingerprint density at radius 2 is 1.86 bits per heavy atom. The topological polar surface area (TPSA) is 26.3 Å². The van der Waals surface area contributed by atoms with Gasteiger partial charge in [0, 0.05) is 12.3 Å². The zero-order valence-electron chi connectivity index (χ0n) is 8.80. The average Bonchev–Trinajstić information content (AvgIpc) is 2.15. The Balaban J connectivity index is 3.05. The molecule has 0 spiro atoms. The molecule has 0 radical (unpaired) electrons. The summed E-state index contributed by atoms with van der Waals surface area (Å²) in [7, 11) is 0. The minimum Gasteiger partial charge on any atom is -0.466 e. The van der Waals surface area contributed by atoms with Crippen molar-refractivity contribution >= 4 is 21.9 Å². The summed E-state index contributed by atoms with van der Waals surface area (Å²) in [5.74, 6) is -0.183. The standard InChI is InChI=1S/C11H19BrO2/c1-11(13)14-10-8-6-4-2-3-5-7-9-12/h2-3H,4-10H2,1H3/b3-2-. The molecular weight excluding hydrogens is 244 g/mol. The number of hydrogen-bond donors (Lipinski definition) is 0. The van der Waals surface area contributed by atoms with Gasteiger partial charge in [-0.15, -0.1) is 0 Å². The third kappa shape index (κ3) is 11.7. The molecule has 0 amide bonds. The molecule has 0 aromatic heterocycles. The lowest BCUT2D eigenvalue weighted by Crippen LogP contribution is -1.99. The first kappa shape index (κ1) is 13.7. The Kier molecular flexibility index (Phi) is 10.5. The minimum atomic E-state index is -0.183. The second-order valence-corrected chi connectivity index (χ2v) is 3.93. The van der Waals surface area contributed by atoms with Gasteiger partial charge in [0.1, 0.15) is 0 Å². The van der Waals surface area contributed by atoms with E-state index in [1.165, 1.54) is 13.3 Å². The van der Waals surface area contributed by atoms with Gasteiger partial charge < -0.3 is 4.74 Å². The lowest BCUT2D eigenvalue weighted by molar-refractivity contribution is -0.141. The summed E-state index contributed by atoms with van der Waals surface area (Å²) in [6, 6.07) is 0. The zero-order chi connectivity index (χ0) is 10.6. The maximum Gasteiger partial charge on any atom is 0.302 e. The normalized spacial score (nSPS) is 10.7. The number of hydrogen-bond acceptors (Lipinski definition) is 2. The Morgan fingerprint density at radius 1 is 1.21 bits per heavy atom. The molecule has 0 saturated heterocycles. The van der Waals surface area contributed by atoms with Crippen LogP contribution in [0.25, 0.3) is 0 Å². The zero-order valence-corrected chi connectivity index (χ0v) is 10.4. The van der Waals surface area contributed by atoms with Crippen molar-refractivity contribution in [3.63, 3.8) is 0 Å². The van der Waals surface area contributed by atoms with Crippen molar-refractivity contribution in [3.8, 4) is 0 Å². The molecule has 0 bridgehead atoms. The lowest BCUT2D eigenvalue weighted by Gasteiger charge is -1.99. The highest BCUT2D eigenvalue weighted by atomic mass is 79.9. The van der Waals surface area contributed by atoms with E-state index < -0.39 is 0 Å². The Bertz CT molecular complexity index is 167. The van der Waals surface area contributed by atoms with Crippen molar-refractivity contribution in [2.24, 2.45) is 0 Å². The maximum atomic E-state index is 10.4. The number of ether oxygens (including phenoxy) is 1.